The Labute approximate surface area is 297 Å². The van der Waals surface area contributed by atoms with Gasteiger partial charge in [0.15, 0.2) is 0 Å². The summed E-state index contributed by atoms with van der Waals surface area (Å²) in [5, 5.41) is 0. The first-order chi connectivity index (χ1) is 25.3. The summed E-state index contributed by atoms with van der Waals surface area (Å²) < 4.78 is 0. The third-order valence-electron chi connectivity index (χ3n) is 10.3. The van der Waals surface area contributed by atoms with E-state index in [1.165, 1.54) is 22.3 Å². The van der Waals surface area contributed by atoms with E-state index in [2.05, 4.69) is 192 Å². The van der Waals surface area contributed by atoms with Crippen LogP contribution in [0.15, 0.2) is 194 Å². The van der Waals surface area contributed by atoms with Gasteiger partial charge in [0.2, 0.25) is 0 Å². The number of rotatable bonds is 6. The van der Waals surface area contributed by atoms with Crippen LogP contribution in [0.5, 0.6) is 0 Å². The van der Waals surface area contributed by atoms with Crippen molar-refractivity contribution >= 4 is 34.1 Å². The number of anilines is 6. The van der Waals surface area contributed by atoms with Crippen molar-refractivity contribution in [1.29, 1.82) is 0 Å². The fourth-order valence-corrected chi connectivity index (χ4v) is 8.30. The summed E-state index contributed by atoms with van der Waals surface area (Å²) in [5.74, 6) is 0. The van der Waals surface area contributed by atoms with Crippen LogP contribution in [0.2, 0.25) is 0 Å². The molecule has 2 heterocycles. The molecule has 0 atom stereocenters. The summed E-state index contributed by atoms with van der Waals surface area (Å²) in [5.41, 5.74) is 15.1. The zero-order valence-corrected chi connectivity index (χ0v) is 27.8. The average molecular weight is 653 g/mol. The number of fused-ring (bicyclic) bond motifs is 10. The summed E-state index contributed by atoms with van der Waals surface area (Å²) in [6.45, 7) is 0. The first kappa shape index (κ1) is 29.2. The molecule has 2 aliphatic rings. The highest BCUT2D eigenvalue weighted by Gasteiger charge is 2.53. The van der Waals surface area contributed by atoms with Crippen LogP contribution in [0.4, 0.5) is 34.1 Å². The molecule has 51 heavy (non-hydrogen) atoms. The van der Waals surface area contributed by atoms with Gasteiger partial charge in [-0.25, -0.2) is 0 Å². The minimum absolute atomic E-state index is 0.623. The molecule has 0 fully saturated rings. The Balaban J connectivity index is 1.26. The number of aromatic nitrogens is 2. The topological polar surface area (TPSA) is 32.3 Å². The Morgan fingerprint density at radius 3 is 1.02 bits per heavy atom. The lowest BCUT2D eigenvalue weighted by Gasteiger charge is -2.32. The predicted molar refractivity (Wildman–Crippen MR) is 208 cm³/mol. The summed E-state index contributed by atoms with van der Waals surface area (Å²) in [6.07, 6.45) is 3.78. The molecular formula is C47H32N4. The van der Waals surface area contributed by atoms with E-state index in [4.69, 9.17) is 9.97 Å². The van der Waals surface area contributed by atoms with Crippen LogP contribution in [0.1, 0.15) is 22.3 Å². The Morgan fingerprint density at radius 2 is 0.667 bits per heavy atom. The zero-order chi connectivity index (χ0) is 33.8. The Bertz CT molecular complexity index is 2270. The Morgan fingerprint density at radius 1 is 0.314 bits per heavy atom. The first-order valence-corrected chi connectivity index (χ1v) is 17.3. The van der Waals surface area contributed by atoms with Crippen LogP contribution >= 0.6 is 0 Å². The van der Waals surface area contributed by atoms with Crippen molar-refractivity contribution < 1.29 is 0 Å². The van der Waals surface area contributed by atoms with Gasteiger partial charge in [0.05, 0.1) is 16.8 Å². The van der Waals surface area contributed by atoms with E-state index in [9.17, 15) is 0 Å². The number of para-hydroxylation sites is 4. The van der Waals surface area contributed by atoms with Crippen LogP contribution in [0, 0.1) is 0 Å². The van der Waals surface area contributed by atoms with Crippen molar-refractivity contribution in [3.63, 3.8) is 0 Å². The third-order valence-corrected chi connectivity index (χ3v) is 10.3. The number of hydrogen-bond acceptors (Lipinski definition) is 4. The maximum atomic E-state index is 4.99. The van der Waals surface area contributed by atoms with Gasteiger partial charge in [-0.2, -0.15) is 0 Å². The molecule has 10 rings (SSSR count). The largest absolute Gasteiger partial charge is 0.310 e. The number of benzene rings is 6. The predicted octanol–water partition coefficient (Wildman–Crippen LogP) is 11.8. The molecule has 0 bridgehead atoms. The van der Waals surface area contributed by atoms with Gasteiger partial charge < -0.3 is 9.80 Å². The first-order valence-electron chi connectivity index (χ1n) is 17.3. The van der Waals surface area contributed by atoms with E-state index in [1.807, 2.05) is 12.4 Å². The SMILES string of the molecule is c1ccc(N(c2ccccc2)c2ccc3c(c2)C2(c4cc(N(c5ccccc5)c5ccccc5)ccc4-3)c3cccnc3-c3ncccc32)cc1. The van der Waals surface area contributed by atoms with Gasteiger partial charge >= 0.3 is 0 Å². The van der Waals surface area contributed by atoms with Crippen molar-refractivity contribution in [3.05, 3.63) is 217 Å². The minimum Gasteiger partial charge on any atom is -0.310 e. The van der Waals surface area contributed by atoms with Crippen molar-refractivity contribution in [3.8, 4) is 22.5 Å². The normalized spacial score (nSPS) is 12.9. The van der Waals surface area contributed by atoms with E-state index < -0.39 is 5.41 Å². The molecule has 0 amide bonds. The zero-order valence-electron chi connectivity index (χ0n) is 27.8. The van der Waals surface area contributed by atoms with Crippen LogP contribution < -0.4 is 9.80 Å². The molecule has 6 aromatic carbocycles. The smallest absolute Gasteiger partial charge is 0.0937 e. The maximum absolute atomic E-state index is 4.99. The van der Waals surface area contributed by atoms with Gasteiger partial charge in [0.1, 0.15) is 0 Å². The monoisotopic (exact) mass is 652 g/mol. The van der Waals surface area contributed by atoms with E-state index >= 15 is 0 Å². The average Bonchev–Trinajstić information content (AvgIpc) is 3.67. The molecule has 4 nitrogen and oxygen atoms in total. The lowest BCUT2D eigenvalue weighted by molar-refractivity contribution is 0.789. The molecule has 4 heteroatoms. The highest BCUT2D eigenvalue weighted by molar-refractivity contribution is 5.96. The van der Waals surface area contributed by atoms with Gasteiger partial charge in [-0.15, -0.1) is 0 Å². The van der Waals surface area contributed by atoms with Crippen LogP contribution in [-0.4, -0.2) is 9.97 Å². The lowest BCUT2D eigenvalue weighted by atomic mass is 9.71. The van der Waals surface area contributed by atoms with Gasteiger partial charge in [-0.1, -0.05) is 97.1 Å². The van der Waals surface area contributed by atoms with Crippen molar-refractivity contribution in [1.82, 2.24) is 9.97 Å². The van der Waals surface area contributed by atoms with Crippen LogP contribution in [0.25, 0.3) is 22.5 Å². The molecule has 8 aromatic rings. The van der Waals surface area contributed by atoms with Crippen LogP contribution in [0.3, 0.4) is 0 Å². The van der Waals surface area contributed by atoms with Gasteiger partial charge in [-0.05, 0) is 118 Å². The number of nitrogens with zero attached hydrogens (tertiary/aromatic N) is 4. The fraction of sp³-hybridized carbons (Fsp3) is 0.0213. The van der Waals surface area contributed by atoms with E-state index in [0.29, 0.717) is 0 Å². The fourth-order valence-electron chi connectivity index (χ4n) is 8.30. The summed E-state index contributed by atoms with van der Waals surface area (Å²) in [4.78, 5) is 14.7. The number of hydrogen-bond donors (Lipinski definition) is 0. The third kappa shape index (κ3) is 4.40. The molecular weight excluding hydrogens is 621 g/mol. The molecule has 2 aromatic heterocycles. The van der Waals surface area contributed by atoms with E-state index in [1.54, 1.807) is 0 Å². The Kier molecular flexibility index (Phi) is 6.68. The van der Waals surface area contributed by atoms with Gasteiger partial charge in [-0.3, -0.25) is 9.97 Å². The van der Waals surface area contributed by atoms with Crippen molar-refractivity contribution in [2.24, 2.45) is 0 Å². The lowest BCUT2D eigenvalue weighted by Crippen LogP contribution is -2.26. The highest BCUT2D eigenvalue weighted by Crippen LogP contribution is 2.63. The van der Waals surface area contributed by atoms with E-state index in [0.717, 1.165) is 56.6 Å². The summed E-state index contributed by atoms with van der Waals surface area (Å²) in [7, 11) is 0. The standard InChI is InChI=1S/C47H32N4/c1-5-15-33(16-6-1)50(34-17-7-2-8-18-34)37-25-27-39-40-28-26-38(51(35-19-9-3-10-20-35)36-21-11-4-12-22-36)32-44(40)47(43(39)31-37)41-23-13-29-48-45(41)46-42(47)24-14-30-49-46/h1-32H. The summed E-state index contributed by atoms with van der Waals surface area (Å²) >= 11 is 0. The second-order valence-electron chi connectivity index (χ2n) is 13.0. The number of pyridine rings is 2. The van der Waals surface area contributed by atoms with Crippen LogP contribution in [-0.2, 0) is 5.41 Å². The minimum atomic E-state index is -0.623. The molecule has 0 saturated heterocycles. The summed E-state index contributed by atoms with van der Waals surface area (Å²) in [6, 6.07) is 65.1. The Hall–Kier alpha value is -6.78. The second kappa shape index (κ2) is 11.7. The maximum Gasteiger partial charge on any atom is 0.0937 e. The molecule has 0 radical (unpaired) electrons. The van der Waals surface area contributed by atoms with Crippen molar-refractivity contribution in [2.45, 2.75) is 5.41 Å². The van der Waals surface area contributed by atoms with Gasteiger partial charge in [0.25, 0.3) is 0 Å². The molecule has 0 aliphatic heterocycles. The molecule has 240 valence electrons. The van der Waals surface area contributed by atoms with E-state index in [-0.39, 0.29) is 0 Å². The second-order valence-corrected chi connectivity index (χ2v) is 13.0. The molecule has 0 unspecified atom stereocenters. The van der Waals surface area contributed by atoms with Crippen molar-refractivity contribution in [2.75, 3.05) is 9.80 Å². The quantitative estimate of drug-likeness (QED) is 0.179. The highest BCUT2D eigenvalue weighted by atomic mass is 15.1. The molecule has 0 saturated carbocycles. The molecule has 0 N–H and O–H groups in total. The molecule has 2 aliphatic carbocycles. The van der Waals surface area contributed by atoms with Gasteiger partial charge in [0, 0.05) is 46.5 Å². The molecule has 1 spiro atoms.